The van der Waals surface area contributed by atoms with E-state index in [0.717, 1.165) is 16.5 Å². The number of fused-ring (bicyclic) bond motifs is 1. The number of methoxy groups -OCH3 is 1. The molecule has 3 N–H and O–H groups in total. The highest BCUT2D eigenvalue weighted by Gasteiger charge is 2.61. The second-order valence-electron chi connectivity index (χ2n) is 8.95. The molecule has 10 nitrogen and oxygen atoms in total. The highest BCUT2D eigenvalue weighted by Crippen LogP contribution is 2.44. The number of carbonyl (C=O) groups excluding carboxylic acids is 2. The van der Waals surface area contributed by atoms with Crippen LogP contribution in [0.15, 0.2) is 30.5 Å². The molecule has 2 aliphatic carbocycles. The molecule has 2 heterocycles. The minimum Gasteiger partial charge on any atom is -0.497 e. The fraction of sp³-hybridized carbons (Fsp3) is 0.500. The maximum atomic E-state index is 13.0. The van der Waals surface area contributed by atoms with E-state index in [9.17, 15) is 18.0 Å². The number of ether oxygens (including phenoxy) is 2. The third-order valence-corrected chi connectivity index (χ3v) is 9.77. The summed E-state index contributed by atoms with van der Waals surface area (Å²) in [4.78, 5) is 30.0. The van der Waals surface area contributed by atoms with Crippen LogP contribution < -0.4 is 24.8 Å². The van der Waals surface area contributed by atoms with Crippen molar-refractivity contribution in [2.24, 2.45) is 0 Å². The van der Waals surface area contributed by atoms with Gasteiger partial charge in [-0.25, -0.2) is 13.4 Å². The lowest BCUT2D eigenvalue weighted by molar-refractivity contribution is -0.129. The first kappa shape index (κ1) is 23.5. The number of amides is 2. The van der Waals surface area contributed by atoms with Crippen LogP contribution in [0, 0.1) is 0 Å². The van der Waals surface area contributed by atoms with Gasteiger partial charge in [-0.1, -0.05) is 22.6 Å². The Bertz CT molecular complexity index is 1250. The minimum atomic E-state index is -3.68. The smallest absolute Gasteiger partial charge is 0.260 e. The summed E-state index contributed by atoms with van der Waals surface area (Å²) in [6.45, 7) is 0.440. The predicted octanol–water partition coefficient (Wildman–Crippen LogP) is 1.02. The molecule has 0 spiro atoms. The average molecular weight is 600 g/mol. The van der Waals surface area contributed by atoms with E-state index in [1.165, 1.54) is 0 Å². The first-order valence-electron chi connectivity index (χ1n) is 11.1. The van der Waals surface area contributed by atoms with E-state index in [2.05, 4.69) is 42.9 Å². The standard InChI is InChI=1S/C22H25IN4O6S/c1-32-13-2-5-16-12(8-13)6-7-24-20(16)33-14-9-17(25-11-14)19(28)26-22(10-18(22)23)21(29)27-34(30,31)15-3-4-15/h2,5-8,14-15,17-18,25H,3-4,9-11H2,1H3,(H,26,28)(H,27,29)/t14-,17?,18-,22-/m1/s1. The number of alkyl halides is 1. The van der Waals surface area contributed by atoms with E-state index >= 15 is 0 Å². The molecule has 4 atom stereocenters. The number of hydrogen-bond acceptors (Lipinski definition) is 8. The Morgan fingerprint density at radius 2 is 2.03 bits per heavy atom. The molecule has 0 bridgehead atoms. The van der Waals surface area contributed by atoms with Crippen LogP contribution >= 0.6 is 22.6 Å². The number of sulfonamides is 1. The summed E-state index contributed by atoms with van der Waals surface area (Å²) in [5.41, 5.74) is -1.20. The van der Waals surface area contributed by atoms with Crippen LogP contribution in [0.2, 0.25) is 0 Å². The number of rotatable bonds is 8. The highest BCUT2D eigenvalue weighted by atomic mass is 127. The Kier molecular flexibility index (Phi) is 6.09. The molecule has 2 aromatic rings. The van der Waals surface area contributed by atoms with E-state index in [1.54, 1.807) is 13.3 Å². The number of aromatic nitrogens is 1. The third-order valence-electron chi connectivity index (χ3n) is 6.45. The number of hydrogen-bond donors (Lipinski definition) is 3. The van der Waals surface area contributed by atoms with Crippen LogP contribution in [-0.2, 0) is 19.6 Å². The van der Waals surface area contributed by atoms with Gasteiger partial charge in [0.1, 0.15) is 17.4 Å². The van der Waals surface area contributed by atoms with Crippen molar-refractivity contribution in [2.75, 3.05) is 13.7 Å². The molecule has 34 heavy (non-hydrogen) atoms. The van der Waals surface area contributed by atoms with Gasteiger partial charge in [0.25, 0.3) is 5.91 Å². The molecule has 1 aromatic heterocycles. The van der Waals surface area contributed by atoms with Gasteiger partial charge in [-0.15, -0.1) is 0 Å². The second kappa shape index (κ2) is 8.79. The normalized spacial score (nSPS) is 28.4. The zero-order chi connectivity index (χ0) is 24.1. The van der Waals surface area contributed by atoms with Gasteiger partial charge in [0.05, 0.1) is 18.4 Å². The zero-order valence-corrected chi connectivity index (χ0v) is 21.4. The van der Waals surface area contributed by atoms with Crippen molar-refractivity contribution in [1.29, 1.82) is 0 Å². The van der Waals surface area contributed by atoms with Crippen molar-refractivity contribution >= 4 is 55.2 Å². The molecule has 2 saturated carbocycles. The summed E-state index contributed by atoms with van der Waals surface area (Å²) in [5, 5.41) is 7.20. The van der Waals surface area contributed by atoms with Gasteiger partial charge in [0, 0.05) is 28.5 Å². The molecule has 3 aliphatic rings. The van der Waals surface area contributed by atoms with Gasteiger partial charge in [0.15, 0.2) is 0 Å². The summed E-state index contributed by atoms with van der Waals surface area (Å²) >= 11 is 2.06. The number of halogens is 1. The quantitative estimate of drug-likeness (QED) is 0.302. The van der Waals surface area contributed by atoms with Gasteiger partial charge in [0.2, 0.25) is 21.8 Å². The Morgan fingerprint density at radius 1 is 1.26 bits per heavy atom. The molecule has 5 rings (SSSR count). The van der Waals surface area contributed by atoms with Crippen LogP contribution in [0.5, 0.6) is 11.6 Å². The van der Waals surface area contributed by atoms with E-state index in [0.29, 0.717) is 38.1 Å². The number of nitrogens with zero attached hydrogens (tertiary/aromatic N) is 1. The molecule has 0 radical (unpaired) electrons. The first-order valence-corrected chi connectivity index (χ1v) is 13.9. The summed E-state index contributed by atoms with van der Waals surface area (Å²) in [5.74, 6) is 0.206. The van der Waals surface area contributed by atoms with Crippen molar-refractivity contribution in [3.63, 3.8) is 0 Å². The zero-order valence-electron chi connectivity index (χ0n) is 18.4. The number of carbonyl (C=O) groups is 2. The van der Waals surface area contributed by atoms with Crippen LogP contribution in [0.1, 0.15) is 25.7 Å². The van der Waals surface area contributed by atoms with Gasteiger partial charge in [-0.05, 0) is 48.9 Å². The van der Waals surface area contributed by atoms with E-state index in [-0.39, 0.29) is 15.9 Å². The largest absolute Gasteiger partial charge is 0.497 e. The monoisotopic (exact) mass is 600 g/mol. The van der Waals surface area contributed by atoms with E-state index in [4.69, 9.17) is 9.47 Å². The average Bonchev–Trinajstić information content (AvgIpc) is 3.72. The van der Waals surface area contributed by atoms with E-state index < -0.39 is 32.8 Å². The Hall–Kier alpha value is -2.19. The number of pyridine rings is 1. The highest BCUT2D eigenvalue weighted by molar-refractivity contribution is 14.1. The maximum Gasteiger partial charge on any atom is 0.260 e. The molecule has 1 saturated heterocycles. The molecule has 1 aromatic carbocycles. The van der Waals surface area contributed by atoms with Gasteiger partial charge >= 0.3 is 0 Å². The Labute approximate surface area is 210 Å². The lowest BCUT2D eigenvalue weighted by Gasteiger charge is -2.20. The minimum absolute atomic E-state index is 0.172. The maximum absolute atomic E-state index is 13.0. The summed E-state index contributed by atoms with van der Waals surface area (Å²) in [6, 6.07) is 6.93. The molecule has 2 amide bonds. The van der Waals surface area contributed by atoms with Crippen molar-refractivity contribution in [2.45, 2.75) is 52.5 Å². The van der Waals surface area contributed by atoms with Crippen molar-refractivity contribution in [1.82, 2.24) is 20.3 Å². The lowest BCUT2D eigenvalue weighted by Crippen LogP contribution is -2.55. The molecular weight excluding hydrogens is 575 g/mol. The fourth-order valence-corrected chi connectivity index (χ4v) is 6.63. The predicted molar refractivity (Wildman–Crippen MR) is 133 cm³/mol. The van der Waals surface area contributed by atoms with E-state index in [1.807, 2.05) is 24.3 Å². The molecule has 182 valence electrons. The van der Waals surface area contributed by atoms with Gasteiger partial charge < -0.3 is 20.1 Å². The lowest BCUT2D eigenvalue weighted by atomic mass is 10.1. The fourth-order valence-electron chi connectivity index (χ4n) is 4.13. The molecule has 1 aliphatic heterocycles. The summed E-state index contributed by atoms with van der Waals surface area (Å²) in [6.07, 6.45) is 3.27. The second-order valence-corrected chi connectivity index (χ2v) is 12.4. The first-order chi connectivity index (χ1) is 16.2. The molecule has 3 fully saturated rings. The Balaban J connectivity index is 1.22. The molecule has 1 unspecified atom stereocenters. The van der Waals surface area contributed by atoms with Crippen LogP contribution in [0.25, 0.3) is 10.8 Å². The number of benzene rings is 1. The van der Waals surface area contributed by atoms with Crippen LogP contribution in [-0.4, -0.2) is 65.7 Å². The van der Waals surface area contributed by atoms with Crippen molar-refractivity contribution in [3.05, 3.63) is 30.5 Å². The van der Waals surface area contributed by atoms with Gasteiger partial charge in [-0.2, -0.15) is 0 Å². The van der Waals surface area contributed by atoms with Crippen molar-refractivity contribution < 1.29 is 27.5 Å². The third kappa shape index (κ3) is 4.54. The van der Waals surface area contributed by atoms with Gasteiger partial charge in [-0.3, -0.25) is 14.3 Å². The molecular formula is C22H25IN4O6S. The summed E-state index contributed by atoms with van der Waals surface area (Å²) < 4.78 is 37.7. The van der Waals surface area contributed by atoms with Crippen LogP contribution in [0.3, 0.4) is 0 Å². The number of nitrogens with one attached hydrogen (secondary N) is 3. The van der Waals surface area contributed by atoms with Crippen LogP contribution in [0.4, 0.5) is 0 Å². The SMILES string of the molecule is COc1ccc2c(O[C@H]3CNC(C(=O)N[C@]4(C(=O)NS(=O)(=O)C5CC5)C[C@H]4I)C3)nccc2c1. The summed E-state index contributed by atoms with van der Waals surface area (Å²) in [7, 11) is -2.07. The van der Waals surface area contributed by atoms with Crippen molar-refractivity contribution in [3.8, 4) is 11.6 Å². The molecule has 12 heteroatoms. The Morgan fingerprint density at radius 3 is 2.71 bits per heavy atom. The topological polar surface area (TPSA) is 136 Å².